The molecule has 0 fully saturated rings. The van der Waals surface area contributed by atoms with Crippen molar-refractivity contribution in [2.24, 2.45) is 0 Å². The monoisotopic (exact) mass is 381 g/mol. The summed E-state index contributed by atoms with van der Waals surface area (Å²) in [6.45, 7) is 6.38. The lowest BCUT2D eigenvalue weighted by molar-refractivity contribution is 0.210. The Kier molecular flexibility index (Phi) is 5.15. The number of carboxylic acid groups (broad SMARTS) is 1. The third kappa shape index (κ3) is 4.44. The molecular formula is C21H20ClN3O2. The van der Waals surface area contributed by atoms with Crippen LogP contribution in [0.5, 0.6) is 0 Å². The number of rotatable bonds is 3. The Labute approximate surface area is 163 Å². The third-order valence-electron chi connectivity index (χ3n) is 4.13. The summed E-state index contributed by atoms with van der Waals surface area (Å²) in [4.78, 5) is 19.6. The molecule has 0 spiro atoms. The molecule has 6 heteroatoms. The SMILES string of the molecule is CC(C)(C)c1cc(-c2cncc(-c3ccc(NC(=O)O)cc3Cl)c2)ccn1. The fraction of sp³-hybridized carbons (Fsp3) is 0.190. The molecule has 0 saturated carbocycles. The first kappa shape index (κ1) is 18.9. The molecular weight excluding hydrogens is 362 g/mol. The second kappa shape index (κ2) is 7.37. The Balaban J connectivity index is 1.98. The van der Waals surface area contributed by atoms with E-state index in [0.29, 0.717) is 10.7 Å². The summed E-state index contributed by atoms with van der Waals surface area (Å²) in [5.74, 6) is 0. The summed E-state index contributed by atoms with van der Waals surface area (Å²) < 4.78 is 0. The molecule has 0 saturated heterocycles. The van der Waals surface area contributed by atoms with Crippen LogP contribution in [0.3, 0.4) is 0 Å². The molecule has 0 aliphatic rings. The predicted molar refractivity (Wildman–Crippen MR) is 108 cm³/mol. The molecule has 0 radical (unpaired) electrons. The van der Waals surface area contributed by atoms with Gasteiger partial charge in [-0.05, 0) is 35.9 Å². The van der Waals surface area contributed by atoms with E-state index in [9.17, 15) is 4.79 Å². The number of carbonyl (C=O) groups is 1. The summed E-state index contributed by atoms with van der Waals surface area (Å²) in [5.41, 5.74) is 5.02. The van der Waals surface area contributed by atoms with Gasteiger partial charge in [0.25, 0.3) is 0 Å². The lowest BCUT2D eigenvalue weighted by Gasteiger charge is -2.18. The zero-order chi connectivity index (χ0) is 19.6. The maximum Gasteiger partial charge on any atom is 0.409 e. The van der Waals surface area contributed by atoms with Gasteiger partial charge in [0.15, 0.2) is 0 Å². The number of hydrogen-bond donors (Lipinski definition) is 2. The zero-order valence-corrected chi connectivity index (χ0v) is 16.1. The zero-order valence-electron chi connectivity index (χ0n) is 15.3. The molecule has 0 atom stereocenters. The fourth-order valence-electron chi connectivity index (χ4n) is 2.72. The molecule has 27 heavy (non-hydrogen) atoms. The Bertz CT molecular complexity index is 997. The average Bonchev–Trinajstić information content (AvgIpc) is 2.61. The minimum atomic E-state index is -1.13. The topological polar surface area (TPSA) is 75.1 Å². The van der Waals surface area contributed by atoms with E-state index in [2.05, 4.69) is 42.1 Å². The van der Waals surface area contributed by atoms with Crippen molar-refractivity contribution in [1.29, 1.82) is 0 Å². The van der Waals surface area contributed by atoms with Crippen LogP contribution in [0.4, 0.5) is 10.5 Å². The second-order valence-corrected chi connectivity index (χ2v) is 7.67. The van der Waals surface area contributed by atoms with Crippen LogP contribution in [0.2, 0.25) is 5.02 Å². The van der Waals surface area contributed by atoms with E-state index in [1.807, 2.05) is 18.3 Å². The molecule has 3 rings (SSSR count). The fourth-order valence-corrected chi connectivity index (χ4v) is 3.01. The summed E-state index contributed by atoms with van der Waals surface area (Å²) in [7, 11) is 0. The predicted octanol–water partition coefficient (Wildman–Crippen LogP) is 5.85. The van der Waals surface area contributed by atoms with Gasteiger partial charge >= 0.3 is 6.09 Å². The van der Waals surface area contributed by atoms with Gasteiger partial charge < -0.3 is 5.11 Å². The second-order valence-electron chi connectivity index (χ2n) is 7.27. The Morgan fingerprint density at radius 1 is 1.04 bits per heavy atom. The van der Waals surface area contributed by atoms with Crippen molar-refractivity contribution in [1.82, 2.24) is 9.97 Å². The number of pyridine rings is 2. The highest BCUT2D eigenvalue weighted by molar-refractivity contribution is 6.33. The van der Waals surface area contributed by atoms with Crippen molar-refractivity contribution in [3.63, 3.8) is 0 Å². The first-order valence-electron chi connectivity index (χ1n) is 8.46. The molecule has 2 N–H and O–H groups in total. The maximum atomic E-state index is 10.8. The van der Waals surface area contributed by atoms with Gasteiger partial charge in [-0.3, -0.25) is 15.3 Å². The van der Waals surface area contributed by atoms with Gasteiger partial charge in [-0.1, -0.05) is 38.4 Å². The van der Waals surface area contributed by atoms with Crippen molar-refractivity contribution >= 4 is 23.4 Å². The average molecular weight is 382 g/mol. The van der Waals surface area contributed by atoms with Crippen molar-refractivity contribution in [3.05, 3.63) is 65.7 Å². The van der Waals surface area contributed by atoms with Crippen LogP contribution in [0.15, 0.2) is 55.0 Å². The highest BCUT2D eigenvalue weighted by atomic mass is 35.5. The number of anilines is 1. The normalized spacial score (nSPS) is 11.3. The van der Waals surface area contributed by atoms with Gasteiger partial charge in [0.1, 0.15) is 0 Å². The molecule has 2 heterocycles. The van der Waals surface area contributed by atoms with Crippen LogP contribution in [-0.4, -0.2) is 21.2 Å². The molecule has 5 nitrogen and oxygen atoms in total. The number of amides is 1. The van der Waals surface area contributed by atoms with Crippen LogP contribution in [0, 0.1) is 0 Å². The quantitative estimate of drug-likeness (QED) is 0.596. The van der Waals surface area contributed by atoms with E-state index in [0.717, 1.165) is 27.9 Å². The van der Waals surface area contributed by atoms with Crippen molar-refractivity contribution < 1.29 is 9.90 Å². The van der Waals surface area contributed by atoms with Crippen molar-refractivity contribution in [2.45, 2.75) is 26.2 Å². The third-order valence-corrected chi connectivity index (χ3v) is 4.44. The first-order valence-corrected chi connectivity index (χ1v) is 8.83. The molecule has 0 aliphatic carbocycles. The molecule has 1 amide bonds. The molecule has 0 aliphatic heterocycles. The van der Waals surface area contributed by atoms with E-state index >= 15 is 0 Å². The van der Waals surface area contributed by atoms with Crippen LogP contribution >= 0.6 is 11.6 Å². The van der Waals surface area contributed by atoms with Gasteiger partial charge in [0, 0.05) is 52.1 Å². The van der Waals surface area contributed by atoms with E-state index in [1.54, 1.807) is 30.6 Å². The van der Waals surface area contributed by atoms with E-state index < -0.39 is 6.09 Å². The van der Waals surface area contributed by atoms with Crippen molar-refractivity contribution in [3.8, 4) is 22.3 Å². The number of aromatic nitrogens is 2. The first-order chi connectivity index (χ1) is 12.7. The van der Waals surface area contributed by atoms with Crippen LogP contribution in [0.25, 0.3) is 22.3 Å². The number of benzene rings is 1. The minimum absolute atomic E-state index is 0.0443. The van der Waals surface area contributed by atoms with Crippen LogP contribution in [-0.2, 0) is 5.41 Å². The smallest absolute Gasteiger partial charge is 0.409 e. The Morgan fingerprint density at radius 2 is 1.78 bits per heavy atom. The summed E-state index contributed by atoms with van der Waals surface area (Å²) in [5, 5.41) is 11.6. The lowest BCUT2D eigenvalue weighted by atomic mass is 9.90. The molecule has 0 unspecified atom stereocenters. The molecule has 3 aromatic rings. The Hall–Kier alpha value is -2.92. The highest BCUT2D eigenvalue weighted by Gasteiger charge is 2.16. The molecule has 1 aromatic carbocycles. The number of nitrogens with one attached hydrogen (secondary N) is 1. The summed E-state index contributed by atoms with van der Waals surface area (Å²) in [6.07, 6.45) is 4.22. The van der Waals surface area contributed by atoms with Crippen LogP contribution < -0.4 is 5.32 Å². The van der Waals surface area contributed by atoms with Gasteiger partial charge in [-0.2, -0.15) is 0 Å². The van der Waals surface area contributed by atoms with E-state index in [4.69, 9.17) is 16.7 Å². The minimum Gasteiger partial charge on any atom is -0.465 e. The molecule has 138 valence electrons. The van der Waals surface area contributed by atoms with Gasteiger partial charge in [-0.15, -0.1) is 0 Å². The lowest BCUT2D eigenvalue weighted by Crippen LogP contribution is -2.13. The number of nitrogens with zero attached hydrogens (tertiary/aromatic N) is 2. The van der Waals surface area contributed by atoms with Gasteiger partial charge in [-0.25, -0.2) is 4.79 Å². The summed E-state index contributed by atoms with van der Waals surface area (Å²) >= 11 is 6.36. The Morgan fingerprint density at radius 3 is 2.44 bits per heavy atom. The van der Waals surface area contributed by atoms with Gasteiger partial charge in [0.2, 0.25) is 0 Å². The maximum absolute atomic E-state index is 10.8. The number of halogens is 1. The van der Waals surface area contributed by atoms with E-state index in [1.165, 1.54) is 0 Å². The van der Waals surface area contributed by atoms with E-state index in [-0.39, 0.29) is 5.41 Å². The van der Waals surface area contributed by atoms with Gasteiger partial charge in [0.05, 0.1) is 5.02 Å². The van der Waals surface area contributed by atoms with Crippen LogP contribution in [0.1, 0.15) is 26.5 Å². The summed E-state index contributed by atoms with van der Waals surface area (Å²) in [6, 6.07) is 11.1. The largest absolute Gasteiger partial charge is 0.465 e. The highest BCUT2D eigenvalue weighted by Crippen LogP contribution is 2.33. The molecule has 2 aromatic heterocycles. The molecule has 0 bridgehead atoms. The standard InChI is InChI=1S/C21H20ClN3O2/c1-21(2,3)19-9-13(6-7-24-19)14-8-15(12-23-11-14)17-5-4-16(10-18(17)22)25-20(26)27/h4-12,25H,1-3H3,(H,26,27). The van der Waals surface area contributed by atoms with Crippen molar-refractivity contribution in [2.75, 3.05) is 5.32 Å². The number of hydrogen-bond acceptors (Lipinski definition) is 3.